The molecule has 15 heterocycles. The number of nitrogens with zero attached hydrogens (tertiary/aromatic N) is 20. The Morgan fingerprint density at radius 1 is 0.423 bits per heavy atom. The number of hydrogen-bond donors (Lipinski definition) is 0. The minimum atomic E-state index is -2.85. The summed E-state index contributed by atoms with van der Waals surface area (Å²) in [6, 6.07) is 16.5. The Kier molecular flexibility index (Phi) is 18.2. The predicted octanol–water partition coefficient (Wildman–Crippen LogP) is 10.3. The van der Waals surface area contributed by atoms with Gasteiger partial charge in [0, 0.05) is 190 Å². The van der Waals surface area contributed by atoms with Crippen molar-refractivity contribution in [2.24, 2.45) is 0 Å². The number of fused-ring (bicyclic) bond motifs is 6. The van der Waals surface area contributed by atoms with Crippen molar-refractivity contribution in [1.29, 1.82) is 0 Å². The van der Waals surface area contributed by atoms with Gasteiger partial charge in [0.15, 0.2) is 26.8 Å². The number of rotatable bonds is 9. The summed E-state index contributed by atoms with van der Waals surface area (Å²) in [6.07, 6.45) is 26.0. The van der Waals surface area contributed by atoms with Crippen LogP contribution in [-0.4, -0.2) is 246 Å². The Hall–Kier alpha value is -9.38. The van der Waals surface area contributed by atoms with E-state index in [1.807, 2.05) is 78.1 Å². The fraction of sp³-hybridized carbons (Fsp3) is 0.416. The van der Waals surface area contributed by atoms with Crippen LogP contribution in [0, 0.1) is 38.2 Å². The average Bonchev–Trinajstić information content (AvgIpc) is 1.66. The monoisotopic (exact) mass is 1430 g/mol. The zero-order valence-electron chi connectivity index (χ0n) is 61.9. The smallest absolute Gasteiger partial charge is 0.162 e. The van der Waals surface area contributed by atoms with Crippen LogP contribution >= 0.6 is 0 Å². The zero-order valence-corrected chi connectivity index (χ0v) is 59.7. The number of piperazine rings is 2. The Labute approximate surface area is 605 Å². The molecule has 9 aromatic heterocycles. The van der Waals surface area contributed by atoms with Crippen molar-refractivity contribution in [3.8, 4) is 33.4 Å². The summed E-state index contributed by atoms with van der Waals surface area (Å²) in [7, 11) is -0.734. The van der Waals surface area contributed by atoms with E-state index in [4.69, 9.17) is 19.1 Å². The highest BCUT2D eigenvalue weighted by Gasteiger charge is 2.36. The molecule has 27 heteroatoms. The van der Waals surface area contributed by atoms with Gasteiger partial charge >= 0.3 is 0 Å². The number of benzene rings is 3. The average molecular weight is 1430 g/mol. The summed E-state index contributed by atoms with van der Waals surface area (Å²) in [5.41, 5.74) is 14.0. The maximum absolute atomic E-state index is 15.2. The molecule has 12 aromatic rings. The Bertz CT molecular complexity index is 5390. The van der Waals surface area contributed by atoms with E-state index in [0.717, 1.165) is 182 Å². The molecule has 0 N–H and O–H groups in total. The summed E-state index contributed by atoms with van der Waals surface area (Å²) < 4.78 is 109. The fourth-order valence-electron chi connectivity index (χ4n) is 16.0. The van der Waals surface area contributed by atoms with E-state index in [0.29, 0.717) is 83.7 Å². The predicted molar refractivity (Wildman–Crippen MR) is 400 cm³/mol. The third-order valence-electron chi connectivity index (χ3n) is 22.2. The summed E-state index contributed by atoms with van der Waals surface area (Å²) >= 11 is 0. The lowest BCUT2D eigenvalue weighted by Crippen LogP contribution is -2.57. The largest absolute Gasteiger partial charge is 0.369 e. The second kappa shape index (κ2) is 28.9. The molecule has 0 saturated carbocycles. The molecule has 22 nitrogen and oxygen atoms in total. The molecule has 2 atom stereocenters. The van der Waals surface area contributed by atoms with Crippen molar-refractivity contribution in [1.82, 2.24) is 83.2 Å². The first-order chi connectivity index (χ1) is 51.6. The normalized spacial score (nSPS) is 20.8. The number of aromatic nitrogens is 12. The first-order valence-electron chi connectivity index (χ1n) is 37.5. The molecule has 0 spiro atoms. The van der Waals surface area contributed by atoms with Gasteiger partial charge in [0.25, 0.3) is 0 Å². The molecule has 6 aliphatic heterocycles. The van der Waals surface area contributed by atoms with Crippen molar-refractivity contribution >= 4 is 76.5 Å². The Morgan fingerprint density at radius 2 is 0.788 bits per heavy atom. The molecule has 6 fully saturated rings. The molecule has 0 amide bonds. The van der Waals surface area contributed by atoms with Crippen LogP contribution in [0.5, 0.6) is 0 Å². The molecule has 18 rings (SSSR count). The van der Waals surface area contributed by atoms with E-state index in [2.05, 4.69) is 71.6 Å². The summed E-state index contributed by atoms with van der Waals surface area (Å²) in [4.78, 5) is 45.0. The van der Waals surface area contributed by atoms with Gasteiger partial charge in [0.05, 0.1) is 107 Å². The van der Waals surface area contributed by atoms with Gasteiger partial charge < -0.3 is 24.5 Å². The van der Waals surface area contributed by atoms with Crippen molar-refractivity contribution in [2.75, 3.05) is 145 Å². The maximum Gasteiger partial charge on any atom is 0.162 e. The van der Waals surface area contributed by atoms with E-state index in [9.17, 15) is 21.6 Å². The number of alkyl halides is 1. The first kappa shape index (κ1) is 65.4. The summed E-state index contributed by atoms with van der Waals surface area (Å²) in [5.74, 6) is -0.249. The Balaban J connectivity index is 0.000000123. The van der Waals surface area contributed by atoms with Gasteiger partial charge in [-0.2, -0.15) is 15.3 Å². The molecule has 3 aromatic carbocycles. The van der Waals surface area contributed by atoms with Crippen molar-refractivity contribution in [2.45, 2.75) is 77.2 Å². The third-order valence-corrected chi connectivity index (χ3v) is 23.8. The molecule has 0 bridgehead atoms. The number of halogens is 4. The summed E-state index contributed by atoms with van der Waals surface area (Å²) in [5, 5.41) is 16.3. The van der Waals surface area contributed by atoms with Crippen LogP contribution in [-0.2, 0) is 9.84 Å². The van der Waals surface area contributed by atoms with Gasteiger partial charge in [-0.3, -0.25) is 29.7 Å². The number of aryl methyl sites for hydroxylation is 3. The van der Waals surface area contributed by atoms with Crippen LogP contribution in [0.1, 0.15) is 52.9 Å². The molecule has 0 aliphatic carbocycles. The van der Waals surface area contributed by atoms with Crippen LogP contribution in [0.3, 0.4) is 0 Å². The zero-order chi connectivity index (χ0) is 74.0. The highest BCUT2D eigenvalue weighted by Crippen LogP contribution is 2.37. The van der Waals surface area contributed by atoms with E-state index in [-0.39, 0.29) is 35.0 Å². The topological polar surface area (TPSA) is 189 Å². The first-order valence-corrected chi connectivity index (χ1v) is 37.9. The number of hydrogen-bond acceptors (Lipinski definition) is 19. The molecule has 0 radical (unpaired) electrons. The molecular weight excluding hydrogens is 1350 g/mol. The van der Waals surface area contributed by atoms with Gasteiger partial charge in [-0.25, -0.2) is 54.5 Å². The van der Waals surface area contributed by atoms with Gasteiger partial charge in [-0.1, -0.05) is 0 Å². The number of sulfone groups is 1. The van der Waals surface area contributed by atoms with Crippen LogP contribution in [0.15, 0.2) is 129 Å². The van der Waals surface area contributed by atoms with Gasteiger partial charge in [0.2, 0.25) is 0 Å². The lowest BCUT2D eigenvalue weighted by molar-refractivity contribution is 0.0532. The minimum Gasteiger partial charge on any atom is -0.369 e. The summed E-state index contributed by atoms with van der Waals surface area (Å²) in [6.45, 7) is 16.0. The van der Waals surface area contributed by atoms with Gasteiger partial charge in [-0.05, 0) is 137 Å². The van der Waals surface area contributed by atoms with Gasteiger partial charge in [-0.15, -0.1) is 0 Å². The van der Waals surface area contributed by atoms with Crippen LogP contribution in [0.25, 0.3) is 83.0 Å². The molecule has 6 saturated heterocycles. The lowest BCUT2D eigenvalue weighted by atomic mass is 10.00. The Morgan fingerprint density at radius 3 is 1.18 bits per heavy atom. The minimum absolute atomic E-state index is 0.0128. The molecule has 540 valence electrons. The SMILES string of the molecule is Cc1cc2c(-c3cnn4cc(N5CCC(N6CCN(C)CC6)C(F)C5)cnc34)ccnc2cc1F.Cc1cc2c(-c3cnn4cc(N5CCC(N6CCS(=O)(=O)CC6)CC5)cnc34)ccnc2cc1F.[2H]C([2H])([2H])N1CCN(C2CCN(c3cnc4c(-c5ccnc6cc(F)c(C)cc56)cnn4c3)CC2)CC1. The van der Waals surface area contributed by atoms with Crippen LogP contribution < -0.4 is 14.7 Å². The quantitative estimate of drug-likeness (QED) is 0.124. The molecule has 104 heavy (non-hydrogen) atoms. The molecule has 6 aliphatic rings. The second-order valence-electron chi connectivity index (χ2n) is 28.7. The second-order valence-corrected chi connectivity index (χ2v) is 31.0. The number of pyridine rings is 3. The number of piperidine rings is 3. The van der Waals surface area contributed by atoms with Crippen molar-refractivity contribution in [3.63, 3.8) is 0 Å². The standard InChI is InChI=1S/C26H29F2N7.C26H30FN7.C25H27FN6O2S/c1-17-11-20-19(3-5-29-24(20)12-22(17)27)21-14-31-35-15-18(13-30-26(21)35)34-6-4-25(23(28)16-34)33-9-7-32(2)8-10-33;1-18-13-22-21(3-6-28-25(22)14-24(18)27)23-16-30-34-17-20(15-29-26(23)34)32-7-4-19(5-8-32)33-11-9-31(2)10-12-33;1-17-12-21-20(2-5-27-24(21)13-23(17)26)22-15-29-32-16-19(14-28-25(22)32)30-6-3-18(4-7-30)31-8-10-35(33,34)11-9-31/h3,5,11-15,23,25H,4,6-10,16H2,1-2H3;3,6,13-17,19H,4-5,7-12H2,1-2H3;2,5,12-16,18H,3-4,6-11H2,1H3/i;2D3;. The molecule has 2 unspecified atom stereocenters. The highest BCUT2D eigenvalue weighted by molar-refractivity contribution is 7.91. The van der Waals surface area contributed by atoms with E-state index < -0.39 is 23.0 Å². The van der Waals surface area contributed by atoms with Crippen molar-refractivity contribution in [3.05, 3.63) is 163 Å². The van der Waals surface area contributed by atoms with Crippen LogP contribution in [0.2, 0.25) is 0 Å². The fourth-order valence-corrected chi connectivity index (χ4v) is 17.3. The van der Waals surface area contributed by atoms with Crippen molar-refractivity contribution < 1.29 is 30.1 Å². The van der Waals surface area contributed by atoms with Crippen LogP contribution in [0.4, 0.5) is 34.6 Å². The number of anilines is 3. The van der Waals surface area contributed by atoms with E-state index in [1.54, 1.807) is 71.9 Å². The third kappa shape index (κ3) is 14.0. The number of likely N-dealkylation sites (N-methyl/N-ethyl adjacent to an activating group) is 2. The highest BCUT2D eigenvalue weighted by atomic mass is 32.2. The lowest BCUT2D eigenvalue weighted by Gasteiger charge is -2.44. The van der Waals surface area contributed by atoms with E-state index >= 15 is 4.39 Å². The maximum atomic E-state index is 15.2. The van der Waals surface area contributed by atoms with E-state index in [1.165, 1.54) is 18.2 Å². The van der Waals surface area contributed by atoms with Gasteiger partial charge in [0.1, 0.15) is 23.6 Å². The molecular formula is C77H86F4N20O2S.